The summed E-state index contributed by atoms with van der Waals surface area (Å²) in [6.45, 7) is -0.0598. The molecule has 1 fully saturated rings. The van der Waals surface area contributed by atoms with E-state index >= 15 is 0 Å². The van der Waals surface area contributed by atoms with Crippen molar-refractivity contribution in [2.75, 3.05) is 18.0 Å². The van der Waals surface area contributed by atoms with Gasteiger partial charge in [-0.25, -0.2) is 0 Å². The van der Waals surface area contributed by atoms with Crippen molar-refractivity contribution in [3.63, 3.8) is 0 Å². The molecule has 5 nitrogen and oxygen atoms in total. The molecule has 2 amide bonds. The van der Waals surface area contributed by atoms with E-state index in [0.717, 1.165) is 0 Å². The van der Waals surface area contributed by atoms with Gasteiger partial charge in [0, 0.05) is 5.56 Å². The van der Waals surface area contributed by atoms with Crippen LogP contribution in [0.4, 0.5) is 5.69 Å². The Morgan fingerprint density at radius 3 is 2.75 bits per heavy atom. The largest absolute Gasteiger partial charge is 0.345 e. The first-order chi connectivity index (χ1) is 7.72. The molecule has 0 unspecified atom stereocenters. The van der Waals surface area contributed by atoms with Gasteiger partial charge in [0.25, 0.3) is 0 Å². The zero-order chi connectivity index (χ0) is 11.5. The molecule has 0 atom stereocenters. The molecule has 1 saturated heterocycles. The minimum Gasteiger partial charge on any atom is -0.345 e. The van der Waals surface area contributed by atoms with Gasteiger partial charge in [0.05, 0.1) is 12.2 Å². The Morgan fingerprint density at radius 1 is 1.25 bits per heavy atom. The quantitative estimate of drug-likeness (QED) is 0.708. The predicted molar refractivity (Wildman–Crippen MR) is 57.2 cm³/mol. The van der Waals surface area contributed by atoms with Crippen LogP contribution >= 0.6 is 0 Å². The molecule has 1 aliphatic heterocycles. The molecule has 1 heterocycles. The van der Waals surface area contributed by atoms with E-state index in [9.17, 15) is 14.4 Å². The Morgan fingerprint density at radius 2 is 2.00 bits per heavy atom. The van der Waals surface area contributed by atoms with E-state index in [1.165, 1.54) is 4.90 Å². The second-order valence-electron chi connectivity index (χ2n) is 3.43. The smallest absolute Gasteiger partial charge is 0.246 e. The first kappa shape index (κ1) is 10.4. The number of aldehydes is 1. The summed E-state index contributed by atoms with van der Waals surface area (Å²) in [5, 5.41) is 2.45. The number of nitrogens with one attached hydrogen (secondary N) is 1. The van der Waals surface area contributed by atoms with E-state index in [1.54, 1.807) is 24.3 Å². The summed E-state index contributed by atoms with van der Waals surface area (Å²) in [6.07, 6.45) is 0.676. The highest BCUT2D eigenvalue weighted by molar-refractivity contribution is 6.06. The number of carbonyl (C=O) groups is 3. The molecule has 0 bridgehead atoms. The maximum Gasteiger partial charge on any atom is 0.246 e. The van der Waals surface area contributed by atoms with Crippen molar-refractivity contribution in [2.45, 2.75) is 0 Å². The van der Waals surface area contributed by atoms with Gasteiger partial charge < -0.3 is 10.2 Å². The van der Waals surface area contributed by atoms with Gasteiger partial charge in [0.1, 0.15) is 6.54 Å². The number of nitrogens with zero attached hydrogens (tertiary/aromatic N) is 1. The number of anilines is 1. The third kappa shape index (κ3) is 1.79. The van der Waals surface area contributed by atoms with E-state index in [1.807, 2.05) is 0 Å². The molecule has 82 valence electrons. The molecule has 0 spiro atoms. The van der Waals surface area contributed by atoms with Crippen molar-refractivity contribution in [2.24, 2.45) is 0 Å². The minimum atomic E-state index is -0.222. The lowest BCUT2D eigenvalue weighted by Crippen LogP contribution is -2.52. The van der Waals surface area contributed by atoms with Crippen molar-refractivity contribution in [1.29, 1.82) is 0 Å². The monoisotopic (exact) mass is 218 g/mol. The number of hydrogen-bond donors (Lipinski definition) is 1. The van der Waals surface area contributed by atoms with Crippen molar-refractivity contribution in [3.8, 4) is 0 Å². The van der Waals surface area contributed by atoms with Crippen LogP contribution in [0.2, 0.25) is 0 Å². The Kier molecular flexibility index (Phi) is 2.68. The van der Waals surface area contributed by atoms with Gasteiger partial charge in [-0.2, -0.15) is 0 Å². The highest BCUT2D eigenvalue weighted by Gasteiger charge is 2.25. The normalized spacial score (nSPS) is 15.9. The van der Waals surface area contributed by atoms with Crippen LogP contribution in [-0.2, 0) is 9.59 Å². The van der Waals surface area contributed by atoms with Crippen LogP contribution < -0.4 is 10.2 Å². The molecule has 1 aromatic carbocycles. The maximum atomic E-state index is 11.6. The van der Waals surface area contributed by atoms with Crippen LogP contribution in [0.1, 0.15) is 10.4 Å². The van der Waals surface area contributed by atoms with Crippen LogP contribution in [0.5, 0.6) is 0 Å². The highest BCUT2D eigenvalue weighted by Crippen LogP contribution is 2.19. The Hall–Kier alpha value is -2.17. The van der Waals surface area contributed by atoms with Gasteiger partial charge in [0.15, 0.2) is 6.29 Å². The minimum absolute atomic E-state index is 0.0218. The number of benzene rings is 1. The molecular formula is C11H10N2O3. The summed E-state index contributed by atoms with van der Waals surface area (Å²) in [7, 11) is 0. The van der Waals surface area contributed by atoms with Crippen LogP contribution in [0, 0.1) is 0 Å². The van der Waals surface area contributed by atoms with Gasteiger partial charge in [-0.1, -0.05) is 12.1 Å². The SMILES string of the molecule is O=Cc1ccccc1N1CC(=O)NCC1=O. The van der Waals surface area contributed by atoms with Crippen LogP contribution in [0.15, 0.2) is 24.3 Å². The van der Waals surface area contributed by atoms with Gasteiger partial charge in [-0.05, 0) is 12.1 Å². The van der Waals surface area contributed by atoms with Crippen LogP contribution in [0.3, 0.4) is 0 Å². The topological polar surface area (TPSA) is 66.5 Å². The van der Waals surface area contributed by atoms with E-state index in [4.69, 9.17) is 0 Å². The van der Waals surface area contributed by atoms with Crippen molar-refractivity contribution in [3.05, 3.63) is 29.8 Å². The number of piperazine rings is 1. The molecule has 5 heteroatoms. The zero-order valence-electron chi connectivity index (χ0n) is 8.47. The van der Waals surface area contributed by atoms with Crippen LogP contribution in [-0.4, -0.2) is 31.2 Å². The van der Waals surface area contributed by atoms with Crippen molar-refractivity contribution in [1.82, 2.24) is 5.32 Å². The molecule has 1 N–H and O–H groups in total. The standard InChI is InChI=1S/C11H10N2O3/c14-7-8-3-1-2-4-9(8)13-6-10(15)12-5-11(13)16/h1-4,7H,5-6H2,(H,12,15). The Balaban J connectivity index is 2.38. The molecular weight excluding hydrogens is 208 g/mol. The summed E-state index contributed by atoms with van der Waals surface area (Å²) in [6, 6.07) is 6.70. The Labute approximate surface area is 92.0 Å². The number of hydrogen-bond acceptors (Lipinski definition) is 3. The highest BCUT2D eigenvalue weighted by atomic mass is 16.2. The number of para-hydroxylation sites is 1. The molecule has 0 aliphatic carbocycles. The molecule has 0 saturated carbocycles. The van der Waals surface area contributed by atoms with Gasteiger partial charge in [0.2, 0.25) is 11.8 Å². The summed E-state index contributed by atoms with van der Waals surface area (Å²) in [5.74, 6) is -0.436. The number of carbonyl (C=O) groups excluding carboxylic acids is 3. The Bertz CT molecular complexity index is 456. The summed E-state index contributed by atoms with van der Waals surface area (Å²) in [4.78, 5) is 34.9. The summed E-state index contributed by atoms with van der Waals surface area (Å²) in [5.41, 5.74) is 0.892. The first-order valence-corrected chi connectivity index (χ1v) is 4.83. The van der Waals surface area contributed by atoms with Crippen molar-refractivity contribution >= 4 is 23.8 Å². The second-order valence-corrected chi connectivity index (χ2v) is 3.43. The lowest BCUT2D eigenvalue weighted by Gasteiger charge is -2.27. The maximum absolute atomic E-state index is 11.6. The molecule has 1 aliphatic rings. The second kappa shape index (κ2) is 4.14. The molecule has 1 aromatic rings. The lowest BCUT2D eigenvalue weighted by molar-refractivity contribution is -0.128. The fourth-order valence-electron chi connectivity index (χ4n) is 1.61. The fourth-order valence-corrected chi connectivity index (χ4v) is 1.61. The fraction of sp³-hybridized carbons (Fsp3) is 0.182. The summed E-state index contributed by atoms with van der Waals surface area (Å²) >= 11 is 0. The van der Waals surface area contributed by atoms with E-state index < -0.39 is 0 Å². The van der Waals surface area contributed by atoms with Crippen LogP contribution in [0.25, 0.3) is 0 Å². The zero-order valence-corrected chi connectivity index (χ0v) is 8.47. The third-order valence-electron chi connectivity index (χ3n) is 2.39. The molecule has 0 aromatic heterocycles. The van der Waals surface area contributed by atoms with Gasteiger partial charge >= 0.3 is 0 Å². The summed E-state index contributed by atoms with van der Waals surface area (Å²) < 4.78 is 0. The van der Waals surface area contributed by atoms with E-state index in [0.29, 0.717) is 17.5 Å². The number of amides is 2. The average molecular weight is 218 g/mol. The molecule has 0 radical (unpaired) electrons. The van der Waals surface area contributed by atoms with E-state index in [2.05, 4.69) is 5.32 Å². The number of rotatable bonds is 2. The van der Waals surface area contributed by atoms with Gasteiger partial charge in [-0.3, -0.25) is 14.4 Å². The third-order valence-corrected chi connectivity index (χ3v) is 2.39. The first-order valence-electron chi connectivity index (χ1n) is 4.83. The predicted octanol–water partition coefficient (Wildman–Crippen LogP) is -0.0381. The van der Waals surface area contributed by atoms with Gasteiger partial charge in [-0.15, -0.1) is 0 Å². The van der Waals surface area contributed by atoms with Crippen molar-refractivity contribution < 1.29 is 14.4 Å². The lowest BCUT2D eigenvalue weighted by atomic mass is 10.1. The molecule has 2 rings (SSSR count). The van der Waals surface area contributed by atoms with E-state index in [-0.39, 0.29) is 24.9 Å². The molecule has 16 heavy (non-hydrogen) atoms. The average Bonchev–Trinajstić information content (AvgIpc) is 2.32.